The first kappa shape index (κ1) is 22.0. The molecule has 4 aromatic rings. The highest BCUT2D eigenvalue weighted by atomic mass is 35.5. The lowest BCUT2D eigenvalue weighted by molar-refractivity contribution is 0.0696. The molecule has 0 bridgehead atoms. The molecule has 0 saturated heterocycles. The summed E-state index contributed by atoms with van der Waals surface area (Å²) in [6.45, 7) is 0.190. The third-order valence-electron chi connectivity index (χ3n) is 5.37. The summed E-state index contributed by atoms with van der Waals surface area (Å²) in [5.74, 6) is -0.470. The number of aromatic carboxylic acids is 1. The highest BCUT2D eigenvalue weighted by Crippen LogP contribution is 2.39. The molecule has 0 spiro atoms. The number of thiazole rings is 1. The van der Waals surface area contributed by atoms with Crippen LogP contribution in [0.1, 0.15) is 27.2 Å². The van der Waals surface area contributed by atoms with Gasteiger partial charge in [0.15, 0.2) is 11.0 Å². The number of fused-ring (bicyclic) bond motifs is 3. The maximum Gasteiger partial charge on any atom is 0.335 e. The van der Waals surface area contributed by atoms with Gasteiger partial charge in [0.1, 0.15) is 0 Å². The number of carboxylic acids is 1. The number of urea groups is 1. The monoisotopic (exact) mass is 491 g/mol. The van der Waals surface area contributed by atoms with E-state index < -0.39 is 12.0 Å². The first-order valence-electron chi connectivity index (χ1n) is 10.5. The van der Waals surface area contributed by atoms with Crippen LogP contribution < -0.4 is 10.6 Å². The number of carbonyl (C=O) groups excluding carboxylic acids is 1. The molecule has 0 aliphatic heterocycles. The van der Waals surface area contributed by atoms with Gasteiger partial charge in [-0.05, 0) is 48.2 Å². The van der Waals surface area contributed by atoms with Gasteiger partial charge in [-0.1, -0.05) is 47.2 Å². The molecular weight excluding hydrogens is 474 g/mol. The van der Waals surface area contributed by atoms with Crippen LogP contribution in [0.5, 0.6) is 0 Å². The Morgan fingerprint density at radius 2 is 1.94 bits per heavy atom. The number of nitrogens with one attached hydrogen (secondary N) is 2. The minimum Gasteiger partial charge on any atom is -0.478 e. The van der Waals surface area contributed by atoms with E-state index in [0.29, 0.717) is 21.5 Å². The molecule has 1 aliphatic rings. The van der Waals surface area contributed by atoms with E-state index in [0.717, 1.165) is 40.2 Å². The largest absolute Gasteiger partial charge is 0.478 e. The second kappa shape index (κ2) is 9.20. The summed E-state index contributed by atoms with van der Waals surface area (Å²) in [4.78, 5) is 38.3. The smallest absolute Gasteiger partial charge is 0.335 e. The second-order valence-corrected chi connectivity index (χ2v) is 9.06. The van der Waals surface area contributed by atoms with Crippen LogP contribution in [0, 0.1) is 0 Å². The first-order chi connectivity index (χ1) is 16.5. The molecule has 0 atom stereocenters. The van der Waals surface area contributed by atoms with E-state index in [1.807, 2.05) is 24.4 Å². The number of amides is 2. The fourth-order valence-electron chi connectivity index (χ4n) is 3.71. The van der Waals surface area contributed by atoms with Gasteiger partial charge in [0.25, 0.3) is 0 Å². The summed E-state index contributed by atoms with van der Waals surface area (Å²) in [5.41, 5.74) is 4.33. The zero-order valence-corrected chi connectivity index (χ0v) is 19.3. The predicted molar refractivity (Wildman–Crippen MR) is 130 cm³/mol. The van der Waals surface area contributed by atoms with E-state index in [2.05, 4.69) is 20.6 Å². The van der Waals surface area contributed by atoms with Gasteiger partial charge >= 0.3 is 12.0 Å². The molecule has 34 heavy (non-hydrogen) atoms. The SMILES string of the molecule is O=C(NCc1cccc(C(=O)O)c1)Nc1nc2c(s1)-c1nc(-c3ccccc3Cl)ncc1CC2. The highest BCUT2D eigenvalue weighted by Gasteiger charge is 2.24. The first-order valence-corrected chi connectivity index (χ1v) is 11.7. The molecule has 2 amide bonds. The Bertz CT molecular complexity index is 1420. The zero-order valence-electron chi connectivity index (χ0n) is 17.7. The molecule has 2 aromatic heterocycles. The number of benzene rings is 2. The summed E-state index contributed by atoms with van der Waals surface area (Å²) < 4.78 is 0. The molecule has 8 nitrogen and oxygen atoms in total. The van der Waals surface area contributed by atoms with E-state index in [1.54, 1.807) is 18.2 Å². The molecule has 1 aliphatic carbocycles. The average Bonchev–Trinajstić information content (AvgIpc) is 3.26. The van der Waals surface area contributed by atoms with Crippen molar-refractivity contribution in [3.63, 3.8) is 0 Å². The molecule has 3 N–H and O–H groups in total. The van der Waals surface area contributed by atoms with Crippen molar-refractivity contribution in [2.75, 3.05) is 5.32 Å². The van der Waals surface area contributed by atoms with Crippen molar-refractivity contribution in [3.8, 4) is 22.0 Å². The number of hydrogen-bond acceptors (Lipinski definition) is 6. The number of anilines is 1. The Hall–Kier alpha value is -3.82. The fourth-order valence-corrected chi connectivity index (χ4v) is 4.96. The van der Waals surface area contributed by atoms with Crippen LogP contribution in [0.15, 0.2) is 54.7 Å². The quantitative estimate of drug-likeness (QED) is 0.360. The fraction of sp³-hybridized carbons (Fsp3) is 0.125. The Morgan fingerprint density at radius 3 is 2.76 bits per heavy atom. The van der Waals surface area contributed by atoms with Crippen LogP contribution in [0.3, 0.4) is 0 Å². The maximum atomic E-state index is 12.4. The Morgan fingerprint density at radius 1 is 1.09 bits per heavy atom. The highest BCUT2D eigenvalue weighted by molar-refractivity contribution is 7.19. The number of halogens is 1. The molecule has 2 aromatic carbocycles. The van der Waals surface area contributed by atoms with Gasteiger partial charge in [-0.25, -0.2) is 24.5 Å². The van der Waals surface area contributed by atoms with Crippen LogP contribution in [0.2, 0.25) is 5.02 Å². The van der Waals surface area contributed by atoms with Crippen molar-refractivity contribution < 1.29 is 14.7 Å². The van der Waals surface area contributed by atoms with Gasteiger partial charge in [0, 0.05) is 18.3 Å². The van der Waals surface area contributed by atoms with E-state index in [4.69, 9.17) is 21.7 Å². The van der Waals surface area contributed by atoms with Crippen molar-refractivity contribution in [1.29, 1.82) is 0 Å². The molecule has 10 heteroatoms. The summed E-state index contributed by atoms with van der Waals surface area (Å²) in [7, 11) is 0. The number of rotatable bonds is 5. The standard InChI is InChI=1S/C24H18ClN5O3S/c25-17-7-2-1-6-16(17)21-26-12-15-8-9-18-20(19(15)29-21)34-24(28-18)30-23(33)27-11-13-4-3-5-14(10-13)22(31)32/h1-7,10,12H,8-9,11H2,(H,31,32)(H2,27,28,30,33). The van der Waals surface area contributed by atoms with Crippen LogP contribution in [-0.4, -0.2) is 32.1 Å². The van der Waals surface area contributed by atoms with E-state index >= 15 is 0 Å². The van der Waals surface area contributed by atoms with Gasteiger partial charge in [-0.2, -0.15) is 0 Å². The lowest BCUT2D eigenvalue weighted by Gasteiger charge is -2.14. The van der Waals surface area contributed by atoms with Gasteiger partial charge in [-0.3, -0.25) is 5.32 Å². The molecule has 0 radical (unpaired) electrons. The van der Waals surface area contributed by atoms with E-state index in [1.165, 1.54) is 23.5 Å². The summed E-state index contributed by atoms with van der Waals surface area (Å²) in [6, 6.07) is 13.4. The van der Waals surface area contributed by atoms with Crippen molar-refractivity contribution in [1.82, 2.24) is 20.3 Å². The second-order valence-electron chi connectivity index (χ2n) is 7.66. The minimum absolute atomic E-state index is 0.170. The Kier molecular flexibility index (Phi) is 5.95. The molecule has 0 saturated carbocycles. The van der Waals surface area contributed by atoms with E-state index in [-0.39, 0.29) is 12.1 Å². The maximum absolute atomic E-state index is 12.4. The number of carboxylic acid groups (broad SMARTS) is 1. The number of carbonyl (C=O) groups is 2. The molecule has 2 heterocycles. The average molecular weight is 492 g/mol. The van der Waals surface area contributed by atoms with Crippen LogP contribution >= 0.6 is 22.9 Å². The lowest BCUT2D eigenvalue weighted by atomic mass is 9.99. The topological polar surface area (TPSA) is 117 Å². The van der Waals surface area contributed by atoms with Gasteiger partial charge < -0.3 is 10.4 Å². The van der Waals surface area contributed by atoms with Crippen LogP contribution in [-0.2, 0) is 19.4 Å². The number of hydrogen-bond donors (Lipinski definition) is 3. The summed E-state index contributed by atoms with van der Waals surface area (Å²) in [6.07, 6.45) is 3.33. The normalized spacial score (nSPS) is 11.9. The van der Waals surface area contributed by atoms with E-state index in [9.17, 15) is 9.59 Å². The van der Waals surface area contributed by atoms with Crippen LogP contribution in [0.4, 0.5) is 9.93 Å². The van der Waals surface area contributed by atoms with Gasteiger partial charge in [0.2, 0.25) is 0 Å². The molecule has 5 rings (SSSR count). The minimum atomic E-state index is -1.01. The van der Waals surface area contributed by atoms with Crippen LogP contribution in [0.25, 0.3) is 22.0 Å². The molecule has 170 valence electrons. The summed E-state index contributed by atoms with van der Waals surface area (Å²) in [5, 5.41) is 15.7. The predicted octanol–water partition coefficient (Wildman–Crippen LogP) is 5.04. The lowest BCUT2D eigenvalue weighted by Crippen LogP contribution is -2.28. The van der Waals surface area contributed by atoms with Crippen molar-refractivity contribution in [2.24, 2.45) is 0 Å². The van der Waals surface area contributed by atoms with Gasteiger partial charge in [0.05, 0.1) is 26.9 Å². The van der Waals surface area contributed by atoms with Crippen molar-refractivity contribution in [3.05, 3.63) is 82.1 Å². The Balaban J connectivity index is 1.33. The number of nitrogens with zero attached hydrogens (tertiary/aromatic N) is 3. The van der Waals surface area contributed by atoms with Crippen molar-refractivity contribution >= 4 is 40.1 Å². The van der Waals surface area contributed by atoms with Crippen molar-refractivity contribution in [2.45, 2.75) is 19.4 Å². The third kappa shape index (κ3) is 4.48. The molecular formula is C24H18ClN5O3S. The summed E-state index contributed by atoms with van der Waals surface area (Å²) >= 11 is 7.69. The zero-order chi connectivity index (χ0) is 23.7. The van der Waals surface area contributed by atoms with Gasteiger partial charge in [-0.15, -0.1) is 0 Å². The third-order valence-corrected chi connectivity index (χ3v) is 6.72. The molecule has 0 unspecified atom stereocenters. The molecule has 0 fully saturated rings. The Labute approximate surface area is 203 Å². The number of aromatic nitrogens is 3. The number of aryl methyl sites for hydroxylation is 2.